The number of hydrogen-bond acceptors (Lipinski definition) is 4. The lowest BCUT2D eigenvalue weighted by molar-refractivity contribution is -0.143. The van der Waals surface area contributed by atoms with E-state index in [1.54, 1.807) is 0 Å². The Balaban J connectivity index is 1.34. The highest BCUT2D eigenvalue weighted by atomic mass is 16.5. The van der Waals surface area contributed by atoms with Gasteiger partial charge < -0.3 is 14.9 Å². The first-order valence-electron chi connectivity index (χ1n) is 9.51. The van der Waals surface area contributed by atoms with Gasteiger partial charge in [-0.25, -0.2) is 0 Å². The summed E-state index contributed by atoms with van der Waals surface area (Å²) < 4.78 is 5.27. The second-order valence-electron chi connectivity index (χ2n) is 7.91. The number of aliphatic hydroxyl groups excluding tert-OH is 2. The van der Waals surface area contributed by atoms with Crippen molar-refractivity contribution in [3.8, 4) is 0 Å². The molecule has 2 aliphatic carbocycles. The van der Waals surface area contributed by atoms with E-state index in [1.807, 2.05) is 0 Å². The molecule has 0 atom stereocenters. The van der Waals surface area contributed by atoms with E-state index in [9.17, 15) is 15.0 Å². The fourth-order valence-electron chi connectivity index (χ4n) is 3.31. The molecule has 0 aromatic carbocycles. The molecule has 0 aromatic rings. The molecule has 0 aliphatic heterocycles. The second-order valence-corrected chi connectivity index (χ2v) is 7.91. The number of unbranched alkanes of at least 4 members (excludes halogenated alkanes) is 4. The lowest BCUT2D eigenvalue weighted by Crippen LogP contribution is -2.08. The van der Waals surface area contributed by atoms with Crippen LogP contribution in [-0.4, -0.2) is 36.0 Å². The summed E-state index contributed by atoms with van der Waals surface area (Å²) in [5.74, 6) is -0.0673. The van der Waals surface area contributed by atoms with Crippen LogP contribution in [0.1, 0.15) is 83.5 Å². The van der Waals surface area contributed by atoms with Crippen molar-refractivity contribution in [3.05, 3.63) is 0 Å². The lowest BCUT2D eigenvalue weighted by Gasteiger charge is -2.11. The molecular weight excluding hydrogens is 292 g/mol. The molecule has 4 nitrogen and oxygen atoms in total. The van der Waals surface area contributed by atoms with Crippen molar-refractivity contribution < 1.29 is 19.7 Å². The number of aliphatic hydroxyl groups is 2. The predicted molar refractivity (Wildman–Crippen MR) is 90.0 cm³/mol. The molecule has 23 heavy (non-hydrogen) atoms. The van der Waals surface area contributed by atoms with E-state index in [4.69, 9.17) is 4.74 Å². The third kappa shape index (κ3) is 6.80. The topological polar surface area (TPSA) is 66.8 Å². The number of hydrogen-bond donors (Lipinski definition) is 2. The number of carbonyl (C=O) groups is 1. The number of rotatable bonds is 14. The van der Waals surface area contributed by atoms with Gasteiger partial charge in [0, 0.05) is 19.6 Å². The smallest absolute Gasteiger partial charge is 0.305 e. The molecule has 0 heterocycles. The molecule has 2 fully saturated rings. The largest absolute Gasteiger partial charge is 0.466 e. The van der Waals surface area contributed by atoms with E-state index in [0.717, 1.165) is 51.4 Å². The van der Waals surface area contributed by atoms with Crippen LogP contribution < -0.4 is 0 Å². The van der Waals surface area contributed by atoms with E-state index in [1.165, 1.54) is 25.7 Å². The fraction of sp³-hybridized carbons (Fsp3) is 0.947. The van der Waals surface area contributed by atoms with Crippen molar-refractivity contribution in [2.75, 3.05) is 19.8 Å². The molecule has 0 bridgehead atoms. The molecule has 0 unspecified atom stereocenters. The van der Waals surface area contributed by atoms with Crippen LogP contribution in [-0.2, 0) is 9.53 Å². The highest BCUT2D eigenvalue weighted by molar-refractivity contribution is 5.69. The maximum atomic E-state index is 11.6. The fourth-order valence-corrected chi connectivity index (χ4v) is 3.31. The summed E-state index contributed by atoms with van der Waals surface area (Å²) >= 11 is 0. The Morgan fingerprint density at radius 3 is 1.78 bits per heavy atom. The maximum Gasteiger partial charge on any atom is 0.305 e. The highest BCUT2D eigenvalue weighted by Gasteiger charge is 2.41. The third-order valence-electron chi connectivity index (χ3n) is 5.79. The van der Waals surface area contributed by atoms with Gasteiger partial charge in [-0.15, -0.1) is 0 Å². The SMILES string of the molecule is O=C(CCCCCC1(CO)CC1)OCCCCCC1(CO)CC1. The van der Waals surface area contributed by atoms with Gasteiger partial charge in [0.25, 0.3) is 0 Å². The molecule has 2 aliphatic rings. The van der Waals surface area contributed by atoms with Crippen LogP contribution in [0.4, 0.5) is 0 Å². The van der Waals surface area contributed by atoms with Gasteiger partial charge in [-0.3, -0.25) is 4.79 Å². The van der Waals surface area contributed by atoms with Crippen LogP contribution in [0.5, 0.6) is 0 Å². The first-order chi connectivity index (χ1) is 11.1. The molecular formula is C19H34O4. The minimum absolute atomic E-state index is 0.0673. The molecule has 0 aromatic heterocycles. The van der Waals surface area contributed by atoms with Crippen LogP contribution >= 0.6 is 0 Å². The molecule has 2 N–H and O–H groups in total. The zero-order valence-electron chi connectivity index (χ0n) is 14.5. The lowest BCUT2D eigenvalue weighted by atomic mass is 9.99. The Morgan fingerprint density at radius 1 is 0.783 bits per heavy atom. The molecule has 0 spiro atoms. The first kappa shape index (κ1) is 18.7. The monoisotopic (exact) mass is 326 g/mol. The molecule has 0 amide bonds. The number of carbonyl (C=O) groups excluding carboxylic acids is 1. The summed E-state index contributed by atoms with van der Waals surface area (Å²) in [6.07, 6.45) is 13.7. The van der Waals surface area contributed by atoms with E-state index in [-0.39, 0.29) is 16.8 Å². The number of esters is 1. The molecule has 134 valence electrons. The minimum atomic E-state index is -0.0673. The van der Waals surface area contributed by atoms with Crippen LogP contribution in [0.15, 0.2) is 0 Å². The van der Waals surface area contributed by atoms with Crippen LogP contribution in [0.3, 0.4) is 0 Å². The summed E-state index contributed by atoms with van der Waals surface area (Å²) in [7, 11) is 0. The van der Waals surface area contributed by atoms with E-state index >= 15 is 0 Å². The average Bonchev–Trinajstić information content (AvgIpc) is 3.47. The summed E-state index contributed by atoms with van der Waals surface area (Å²) in [4.78, 5) is 11.6. The Morgan fingerprint density at radius 2 is 1.30 bits per heavy atom. The standard InChI is InChI=1S/C19H34O4/c20-15-18(10-11-18)8-4-1-3-7-17(22)23-14-6-2-5-9-19(16-21)12-13-19/h20-21H,1-16H2. The highest BCUT2D eigenvalue weighted by Crippen LogP contribution is 2.49. The van der Waals surface area contributed by atoms with Crippen LogP contribution in [0, 0.1) is 10.8 Å². The quantitative estimate of drug-likeness (QED) is 0.378. The molecule has 0 radical (unpaired) electrons. The van der Waals surface area contributed by atoms with Gasteiger partial charge in [0.2, 0.25) is 0 Å². The Labute approximate surface area is 140 Å². The summed E-state index contributed by atoms with van der Waals surface area (Å²) in [6, 6.07) is 0. The third-order valence-corrected chi connectivity index (χ3v) is 5.79. The Bertz CT molecular complexity index is 358. The minimum Gasteiger partial charge on any atom is -0.466 e. The van der Waals surface area contributed by atoms with E-state index in [0.29, 0.717) is 26.2 Å². The van der Waals surface area contributed by atoms with Gasteiger partial charge in [0.15, 0.2) is 0 Å². The molecule has 2 saturated carbocycles. The Kier molecular flexibility index (Phi) is 7.35. The normalized spacial score (nSPS) is 20.3. The van der Waals surface area contributed by atoms with Crippen molar-refractivity contribution >= 4 is 5.97 Å². The predicted octanol–water partition coefficient (Wildman–Crippen LogP) is 3.59. The van der Waals surface area contributed by atoms with Crippen molar-refractivity contribution in [2.45, 2.75) is 83.5 Å². The van der Waals surface area contributed by atoms with Crippen molar-refractivity contribution in [1.82, 2.24) is 0 Å². The van der Waals surface area contributed by atoms with Gasteiger partial charge in [-0.1, -0.05) is 25.7 Å². The maximum absolute atomic E-state index is 11.6. The van der Waals surface area contributed by atoms with Gasteiger partial charge in [0.05, 0.1) is 6.61 Å². The van der Waals surface area contributed by atoms with E-state index < -0.39 is 0 Å². The molecule has 0 saturated heterocycles. The first-order valence-corrected chi connectivity index (χ1v) is 9.51. The molecule has 4 heteroatoms. The van der Waals surface area contributed by atoms with Gasteiger partial charge in [-0.05, 0) is 62.2 Å². The van der Waals surface area contributed by atoms with Gasteiger partial charge >= 0.3 is 5.97 Å². The average molecular weight is 326 g/mol. The van der Waals surface area contributed by atoms with E-state index in [2.05, 4.69) is 0 Å². The zero-order chi connectivity index (χ0) is 16.6. The van der Waals surface area contributed by atoms with Crippen LogP contribution in [0.25, 0.3) is 0 Å². The summed E-state index contributed by atoms with van der Waals surface area (Å²) in [5, 5.41) is 18.5. The van der Waals surface area contributed by atoms with Gasteiger partial charge in [0.1, 0.15) is 0 Å². The summed E-state index contributed by atoms with van der Waals surface area (Å²) in [6.45, 7) is 1.20. The molecule has 2 rings (SSSR count). The zero-order valence-corrected chi connectivity index (χ0v) is 14.5. The Hall–Kier alpha value is -0.610. The van der Waals surface area contributed by atoms with Crippen LogP contribution in [0.2, 0.25) is 0 Å². The summed E-state index contributed by atoms with van der Waals surface area (Å²) in [5.41, 5.74) is 0.501. The second kappa shape index (κ2) is 9.03. The van der Waals surface area contributed by atoms with Gasteiger partial charge in [-0.2, -0.15) is 0 Å². The van der Waals surface area contributed by atoms with Crippen molar-refractivity contribution in [1.29, 1.82) is 0 Å². The van der Waals surface area contributed by atoms with Crippen molar-refractivity contribution in [2.24, 2.45) is 10.8 Å². The number of ether oxygens (including phenoxy) is 1. The van der Waals surface area contributed by atoms with Crippen molar-refractivity contribution in [3.63, 3.8) is 0 Å².